The first-order chi connectivity index (χ1) is 11.7. The van der Waals surface area contributed by atoms with E-state index in [2.05, 4.69) is 4.36 Å². The molecule has 0 heterocycles. The van der Waals surface area contributed by atoms with Crippen molar-refractivity contribution in [2.75, 3.05) is 0 Å². The first-order valence-electron chi connectivity index (χ1n) is 6.87. The van der Waals surface area contributed by atoms with E-state index in [-0.39, 0.29) is 11.4 Å². The minimum Gasteiger partial charge on any atom is -0.404 e. The topological polar surface area (TPSA) is 88.2 Å². The molecule has 0 spiro atoms. The molecule has 2 rings (SSSR count). The Balaban J connectivity index is 2.27. The number of halogens is 4. The van der Waals surface area contributed by atoms with Gasteiger partial charge < -0.3 is 5.73 Å². The summed E-state index contributed by atoms with van der Waals surface area (Å²) < 4.78 is 55.0. The van der Waals surface area contributed by atoms with Gasteiger partial charge in [-0.1, -0.05) is 12.1 Å². The van der Waals surface area contributed by atoms with Crippen LogP contribution in [0, 0.1) is 11.2 Å². The Hall–Kier alpha value is -2.52. The Labute approximate surface area is 143 Å². The van der Waals surface area contributed by atoms with Gasteiger partial charge in [0.1, 0.15) is 5.82 Å². The van der Waals surface area contributed by atoms with Crippen LogP contribution in [-0.2, 0) is 17.1 Å². The minimum absolute atomic E-state index is 0.161. The molecule has 2 aromatic rings. The van der Waals surface area contributed by atoms with Crippen molar-refractivity contribution in [3.63, 3.8) is 0 Å². The van der Waals surface area contributed by atoms with Gasteiger partial charge in [0, 0.05) is 27.5 Å². The van der Waals surface area contributed by atoms with Gasteiger partial charge in [0.25, 0.3) is 0 Å². The van der Waals surface area contributed by atoms with Crippen LogP contribution in [-0.4, -0.2) is 5.84 Å². The largest absolute Gasteiger partial charge is 0.416 e. The van der Waals surface area contributed by atoms with E-state index in [0.717, 1.165) is 18.3 Å². The molecule has 1 unspecified atom stereocenters. The number of nitrogens with zero attached hydrogens (tertiary/aromatic N) is 1. The van der Waals surface area contributed by atoms with Gasteiger partial charge in [-0.25, -0.2) is 4.39 Å². The van der Waals surface area contributed by atoms with Crippen molar-refractivity contribution in [1.82, 2.24) is 0 Å². The minimum atomic E-state index is -4.44. The van der Waals surface area contributed by atoms with Crippen molar-refractivity contribution in [2.24, 2.45) is 15.2 Å². The third kappa shape index (κ3) is 4.74. The van der Waals surface area contributed by atoms with E-state index < -0.39 is 28.4 Å². The molecule has 0 fully saturated rings. The second-order valence-electron chi connectivity index (χ2n) is 4.87. The SMILES string of the molecule is N=C(N=S(N)c1ccc(C(F)(F)F)cc1)/C(=C\N)c1cccc(F)c1. The Morgan fingerprint density at radius 1 is 1.12 bits per heavy atom. The van der Waals surface area contributed by atoms with Gasteiger partial charge in [0.05, 0.1) is 5.56 Å². The van der Waals surface area contributed by atoms with Gasteiger partial charge in [-0.3, -0.25) is 10.5 Å². The Morgan fingerprint density at radius 2 is 1.76 bits per heavy atom. The summed E-state index contributed by atoms with van der Waals surface area (Å²) >= 11 is 0. The first-order valence-corrected chi connectivity index (χ1v) is 8.11. The molecule has 0 amide bonds. The molecule has 0 aliphatic heterocycles. The van der Waals surface area contributed by atoms with Crippen LogP contribution in [0.15, 0.2) is 64.0 Å². The number of alkyl halides is 3. The molecule has 0 radical (unpaired) electrons. The van der Waals surface area contributed by atoms with Crippen molar-refractivity contribution in [3.8, 4) is 0 Å². The van der Waals surface area contributed by atoms with Crippen LogP contribution in [0.3, 0.4) is 0 Å². The lowest BCUT2D eigenvalue weighted by molar-refractivity contribution is -0.137. The van der Waals surface area contributed by atoms with Crippen molar-refractivity contribution in [3.05, 3.63) is 71.7 Å². The van der Waals surface area contributed by atoms with E-state index in [1.807, 2.05) is 0 Å². The van der Waals surface area contributed by atoms with Crippen molar-refractivity contribution < 1.29 is 17.6 Å². The monoisotopic (exact) mass is 370 g/mol. The average Bonchev–Trinajstić information content (AvgIpc) is 2.55. The second-order valence-corrected chi connectivity index (χ2v) is 6.15. The van der Waals surface area contributed by atoms with E-state index in [0.29, 0.717) is 10.5 Å². The summed E-state index contributed by atoms with van der Waals surface area (Å²) in [6.07, 6.45) is -3.34. The van der Waals surface area contributed by atoms with Crippen LogP contribution >= 0.6 is 0 Å². The Bertz CT molecular complexity index is 842. The highest BCUT2D eigenvalue weighted by atomic mass is 32.2. The lowest BCUT2D eigenvalue weighted by atomic mass is 10.1. The standard InChI is InChI=1S/C16H14F4N4S/c17-12-3-1-2-10(8-12)14(9-21)15(22)24-25(23)13-6-4-11(5-7-13)16(18,19)20/h1-9H,21H2,(H3,22,23,24)/b14-9-. The summed E-state index contributed by atoms with van der Waals surface area (Å²) in [5, 5.41) is 13.8. The van der Waals surface area contributed by atoms with Crippen LogP contribution in [0.1, 0.15) is 11.1 Å². The Kier molecular flexibility index (Phi) is 5.70. The van der Waals surface area contributed by atoms with E-state index in [4.69, 9.17) is 16.3 Å². The number of hydrogen-bond acceptors (Lipinski definition) is 2. The number of hydrogen-bond donors (Lipinski definition) is 3. The molecule has 132 valence electrons. The maximum absolute atomic E-state index is 13.3. The predicted octanol–water partition coefficient (Wildman–Crippen LogP) is 3.86. The first kappa shape index (κ1) is 18.8. The van der Waals surface area contributed by atoms with E-state index in [1.165, 1.54) is 30.3 Å². The highest BCUT2D eigenvalue weighted by Gasteiger charge is 2.30. The Morgan fingerprint density at radius 3 is 2.28 bits per heavy atom. The summed E-state index contributed by atoms with van der Waals surface area (Å²) in [7, 11) is -1.36. The summed E-state index contributed by atoms with van der Waals surface area (Å²) in [6.45, 7) is 0. The van der Waals surface area contributed by atoms with Gasteiger partial charge in [-0.05, 0) is 42.0 Å². The van der Waals surface area contributed by atoms with Crippen molar-refractivity contribution in [1.29, 1.82) is 5.41 Å². The van der Waals surface area contributed by atoms with E-state index in [9.17, 15) is 17.6 Å². The molecular formula is C16H14F4N4S. The summed E-state index contributed by atoms with van der Waals surface area (Å²) in [5.74, 6) is -0.794. The summed E-state index contributed by atoms with van der Waals surface area (Å²) in [4.78, 5) is 0.327. The quantitative estimate of drug-likeness (QED) is 0.435. The fourth-order valence-corrected chi connectivity index (χ4v) is 2.77. The normalized spacial score (nSPS) is 13.7. The molecule has 0 saturated carbocycles. The lowest BCUT2D eigenvalue weighted by Crippen LogP contribution is -2.10. The smallest absolute Gasteiger partial charge is 0.404 e. The third-order valence-electron chi connectivity index (χ3n) is 3.17. The molecule has 0 aromatic heterocycles. The highest BCUT2D eigenvalue weighted by Crippen LogP contribution is 2.29. The average molecular weight is 370 g/mol. The fraction of sp³-hybridized carbons (Fsp3) is 0.0625. The van der Waals surface area contributed by atoms with Crippen LogP contribution in [0.4, 0.5) is 17.6 Å². The maximum Gasteiger partial charge on any atom is 0.416 e. The van der Waals surface area contributed by atoms with Gasteiger partial charge in [-0.15, -0.1) is 0 Å². The zero-order chi connectivity index (χ0) is 18.6. The molecule has 0 saturated heterocycles. The lowest BCUT2D eigenvalue weighted by Gasteiger charge is -2.09. The number of nitrogens with two attached hydrogens (primary N) is 2. The van der Waals surface area contributed by atoms with Gasteiger partial charge in [-0.2, -0.15) is 17.5 Å². The van der Waals surface area contributed by atoms with Crippen molar-refractivity contribution >= 4 is 22.3 Å². The molecule has 5 N–H and O–H groups in total. The maximum atomic E-state index is 13.3. The van der Waals surface area contributed by atoms with Gasteiger partial charge in [0.15, 0.2) is 5.84 Å². The van der Waals surface area contributed by atoms with Crippen LogP contribution in [0.2, 0.25) is 0 Å². The number of rotatable bonds is 3. The van der Waals surface area contributed by atoms with E-state index in [1.54, 1.807) is 6.07 Å². The third-order valence-corrected chi connectivity index (χ3v) is 4.30. The number of nitrogens with one attached hydrogen (secondary N) is 1. The molecule has 25 heavy (non-hydrogen) atoms. The molecule has 2 aromatic carbocycles. The number of benzene rings is 2. The molecular weight excluding hydrogens is 356 g/mol. The number of amidine groups is 1. The van der Waals surface area contributed by atoms with Gasteiger partial charge >= 0.3 is 6.18 Å². The second kappa shape index (κ2) is 7.58. The summed E-state index contributed by atoms with van der Waals surface area (Å²) in [6, 6.07) is 9.65. The molecule has 0 aliphatic carbocycles. The van der Waals surface area contributed by atoms with Crippen LogP contribution < -0.4 is 10.9 Å². The van der Waals surface area contributed by atoms with Gasteiger partial charge in [0.2, 0.25) is 0 Å². The predicted molar refractivity (Wildman–Crippen MR) is 90.0 cm³/mol. The van der Waals surface area contributed by atoms with Crippen LogP contribution in [0.5, 0.6) is 0 Å². The fourth-order valence-electron chi connectivity index (χ4n) is 1.95. The zero-order valence-electron chi connectivity index (χ0n) is 12.7. The summed E-state index contributed by atoms with van der Waals surface area (Å²) in [5.41, 5.74) is 5.20. The molecule has 4 nitrogen and oxygen atoms in total. The van der Waals surface area contributed by atoms with Crippen LogP contribution in [0.25, 0.3) is 5.57 Å². The molecule has 0 aliphatic rings. The van der Waals surface area contributed by atoms with E-state index >= 15 is 0 Å². The zero-order valence-corrected chi connectivity index (χ0v) is 13.5. The van der Waals surface area contributed by atoms with Crippen molar-refractivity contribution in [2.45, 2.75) is 11.1 Å². The molecule has 9 heteroatoms. The molecule has 0 bridgehead atoms. The highest BCUT2D eigenvalue weighted by molar-refractivity contribution is 7.85. The molecule has 1 atom stereocenters.